The molecule has 0 aliphatic heterocycles. The average Bonchev–Trinajstić information content (AvgIpc) is 3.21. The Hall–Kier alpha value is -2.96. The number of carbonyl (C=O) groups excluding carboxylic acids is 1. The largest absolute Gasteiger partial charge is 0.361 e. The molecule has 130 valence electrons. The summed E-state index contributed by atoms with van der Waals surface area (Å²) in [7, 11) is 0. The van der Waals surface area contributed by atoms with Crippen molar-refractivity contribution < 1.29 is 9.32 Å². The molecule has 3 aromatic rings. The minimum absolute atomic E-state index is 0.0153. The zero-order chi connectivity index (χ0) is 17.6. The number of pyridine rings is 1. The van der Waals surface area contributed by atoms with E-state index in [-0.39, 0.29) is 5.91 Å². The van der Waals surface area contributed by atoms with Gasteiger partial charge < -0.3 is 9.84 Å². The van der Waals surface area contributed by atoms with E-state index in [4.69, 9.17) is 4.52 Å². The molecule has 0 aliphatic rings. The average molecular weight is 339 g/mol. The van der Waals surface area contributed by atoms with E-state index >= 15 is 0 Å². The highest BCUT2D eigenvalue weighted by molar-refractivity contribution is 5.76. The van der Waals surface area contributed by atoms with Gasteiger partial charge in [-0.3, -0.25) is 14.5 Å². The molecular weight excluding hydrogens is 318 g/mol. The first-order chi connectivity index (χ1) is 12.1. The smallest absolute Gasteiger partial charge is 0.220 e. The Morgan fingerprint density at radius 2 is 2.04 bits per heavy atom. The number of nitrogens with one attached hydrogen (secondary N) is 1. The summed E-state index contributed by atoms with van der Waals surface area (Å²) in [5.41, 5.74) is 3.98. The molecule has 25 heavy (non-hydrogen) atoms. The molecule has 3 rings (SSSR count). The maximum absolute atomic E-state index is 12.0. The van der Waals surface area contributed by atoms with E-state index in [0.29, 0.717) is 25.9 Å². The molecule has 3 aromatic heterocycles. The normalized spacial score (nSPS) is 10.8. The van der Waals surface area contributed by atoms with Gasteiger partial charge in [0.1, 0.15) is 5.76 Å². The number of amides is 1. The Morgan fingerprint density at radius 3 is 2.76 bits per heavy atom. The summed E-state index contributed by atoms with van der Waals surface area (Å²) in [6.45, 7) is 4.92. The molecule has 0 aromatic carbocycles. The summed E-state index contributed by atoms with van der Waals surface area (Å²) in [6.07, 6.45) is 8.35. The maximum atomic E-state index is 12.0. The van der Waals surface area contributed by atoms with Gasteiger partial charge in [-0.15, -0.1) is 0 Å². The van der Waals surface area contributed by atoms with Crippen molar-refractivity contribution in [2.75, 3.05) is 6.54 Å². The summed E-state index contributed by atoms with van der Waals surface area (Å²) in [5.74, 6) is 0.798. The molecule has 0 saturated heterocycles. The Balaban J connectivity index is 1.44. The summed E-state index contributed by atoms with van der Waals surface area (Å²) in [6, 6.07) is 3.88. The van der Waals surface area contributed by atoms with E-state index in [9.17, 15) is 4.79 Å². The Morgan fingerprint density at radius 1 is 1.24 bits per heavy atom. The Kier molecular flexibility index (Phi) is 5.23. The second-order valence-electron chi connectivity index (χ2n) is 5.88. The van der Waals surface area contributed by atoms with Crippen molar-refractivity contribution in [2.45, 2.75) is 33.2 Å². The second-order valence-corrected chi connectivity index (χ2v) is 5.88. The van der Waals surface area contributed by atoms with Gasteiger partial charge >= 0.3 is 0 Å². The third-order valence-corrected chi connectivity index (χ3v) is 4.09. The zero-order valence-corrected chi connectivity index (χ0v) is 14.4. The predicted molar refractivity (Wildman–Crippen MR) is 92.8 cm³/mol. The summed E-state index contributed by atoms with van der Waals surface area (Å²) >= 11 is 0. The summed E-state index contributed by atoms with van der Waals surface area (Å²) in [4.78, 5) is 16.0. The molecule has 0 atom stereocenters. The van der Waals surface area contributed by atoms with Gasteiger partial charge in [0.25, 0.3) is 0 Å². The molecule has 0 unspecified atom stereocenters. The topological polar surface area (TPSA) is 85.8 Å². The van der Waals surface area contributed by atoms with Gasteiger partial charge in [-0.05, 0) is 38.0 Å². The molecule has 7 nitrogen and oxygen atoms in total. The fourth-order valence-electron chi connectivity index (χ4n) is 2.67. The third-order valence-electron chi connectivity index (χ3n) is 4.09. The lowest BCUT2D eigenvalue weighted by molar-refractivity contribution is -0.121. The van der Waals surface area contributed by atoms with Crippen LogP contribution in [0.1, 0.15) is 23.4 Å². The van der Waals surface area contributed by atoms with E-state index in [1.165, 1.54) is 0 Å². The number of hydrogen-bond donors (Lipinski definition) is 1. The number of aromatic nitrogens is 4. The molecule has 0 bridgehead atoms. The van der Waals surface area contributed by atoms with Gasteiger partial charge in [0.15, 0.2) is 0 Å². The first-order valence-electron chi connectivity index (χ1n) is 8.25. The maximum Gasteiger partial charge on any atom is 0.220 e. The van der Waals surface area contributed by atoms with Crippen LogP contribution in [0.25, 0.3) is 11.1 Å². The summed E-state index contributed by atoms with van der Waals surface area (Å²) < 4.78 is 6.93. The van der Waals surface area contributed by atoms with Crippen LogP contribution in [0.2, 0.25) is 0 Å². The van der Waals surface area contributed by atoms with Gasteiger partial charge in [-0.1, -0.05) is 5.16 Å². The van der Waals surface area contributed by atoms with Crippen LogP contribution in [0, 0.1) is 13.8 Å². The van der Waals surface area contributed by atoms with Crippen molar-refractivity contribution in [1.29, 1.82) is 0 Å². The Bertz CT molecular complexity index is 819. The SMILES string of the molecule is Cc1noc(C)c1CCC(=O)NCCn1cc(-c2ccncc2)cn1. The number of hydrogen-bond acceptors (Lipinski definition) is 5. The van der Waals surface area contributed by atoms with Crippen LogP contribution in [0.4, 0.5) is 0 Å². The van der Waals surface area contributed by atoms with Crippen molar-refractivity contribution in [3.8, 4) is 11.1 Å². The first kappa shape index (κ1) is 16.9. The molecule has 3 heterocycles. The molecule has 0 spiro atoms. The van der Waals surface area contributed by atoms with Crippen LogP contribution in [0.5, 0.6) is 0 Å². The fourth-order valence-corrected chi connectivity index (χ4v) is 2.67. The third kappa shape index (κ3) is 4.32. The van der Waals surface area contributed by atoms with E-state index in [0.717, 1.165) is 28.1 Å². The molecule has 1 amide bonds. The van der Waals surface area contributed by atoms with Crippen LogP contribution in [-0.4, -0.2) is 32.4 Å². The van der Waals surface area contributed by atoms with Crippen LogP contribution in [0.15, 0.2) is 41.4 Å². The highest BCUT2D eigenvalue weighted by atomic mass is 16.5. The van der Waals surface area contributed by atoms with Crippen LogP contribution < -0.4 is 5.32 Å². The van der Waals surface area contributed by atoms with Crippen LogP contribution in [-0.2, 0) is 17.8 Å². The van der Waals surface area contributed by atoms with Crippen LogP contribution >= 0.6 is 0 Å². The standard InChI is InChI=1S/C18H21N5O2/c1-13-17(14(2)25-22-13)3-4-18(24)20-9-10-23-12-16(11-21-23)15-5-7-19-8-6-15/h5-8,11-12H,3-4,9-10H2,1-2H3,(H,20,24). The van der Waals surface area contributed by atoms with E-state index in [1.807, 2.05) is 43.1 Å². The van der Waals surface area contributed by atoms with Gasteiger partial charge in [-0.2, -0.15) is 5.10 Å². The van der Waals surface area contributed by atoms with Crippen molar-refractivity contribution in [1.82, 2.24) is 25.2 Å². The minimum atomic E-state index is 0.0153. The van der Waals surface area contributed by atoms with Crippen molar-refractivity contribution in [3.05, 3.63) is 53.9 Å². The van der Waals surface area contributed by atoms with Crippen molar-refractivity contribution >= 4 is 5.91 Å². The molecular formula is C18H21N5O2. The van der Waals surface area contributed by atoms with Gasteiger partial charge in [-0.25, -0.2) is 0 Å². The van der Waals surface area contributed by atoms with Gasteiger partial charge in [0, 0.05) is 42.7 Å². The van der Waals surface area contributed by atoms with Crippen LogP contribution in [0.3, 0.4) is 0 Å². The molecule has 0 aliphatic carbocycles. The van der Waals surface area contributed by atoms with E-state index < -0.39 is 0 Å². The molecule has 1 N–H and O–H groups in total. The minimum Gasteiger partial charge on any atom is -0.361 e. The molecule has 7 heteroatoms. The Labute approximate surface area is 146 Å². The number of rotatable bonds is 7. The second kappa shape index (κ2) is 7.74. The van der Waals surface area contributed by atoms with E-state index in [2.05, 4.69) is 20.6 Å². The molecule has 0 fully saturated rings. The lowest BCUT2D eigenvalue weighted by Crippen LogP contribution is -2.27. The highest BCUT2D eigenvalue weighted by Gasteiger charge is 2.11. The lowest BCUT2D eigenvalue weighted by atomic mass is 10.1. The predicted octanol–water partition coefficient (Wildman–Crippen LogP) is 2.30. The quantitative estimate of drug-likeness (QED) is 0.714. The lowest BCUT2D eigenvalue weighted by Gasteiger charge is -2.05. The van der Waals surface area contributed by atoms with E-state index in [1.54, 1.807) is 12.4 Å². The number of nitrogens with zero attached hydrogens (tertiary/aromatic N) is 4. The fraction of sp³-hybridized carbons (Fsp3) is 0.333. The number of carbonyl (C=O) groups is 1. The monoisotopic (exact) mass is 339 g/mol. The summed E-state index contributed by atoms with van der Waals surface area (Å²) in [5, 5.41) is 11.1. The number of aryl methyl sites for hydroxylation is 2. The molecule has 0 radical (unpaired) electrons. The first-order valence-corrected chi connectivity index (χ1v) is 8.25. The van der Waals surface area contributed by atoms with Crippen molar-refractivity contribution in [3.63, 3.8) is 0 Å². The van der Waals surface area contributed by atoms with Gasteiger partial charge in [0.05, 0.1) is 18.4 Å². The highest BCUT2D eigenvalue weighted by Crippen LogP contribution is 2.16. The molecule has 0 saturated carbocycles. The van der Waals surface area contributed by atoms with Crippen molar-refractivity contribution in [2.24, 2.45) is 0 Å². The van der Waals surface area contributed by atoms with Gasteiger partial charge in [0.2, 0.25) is 5.91 Å². The zero-order valence-electron chi connectivity index (χ0n) is 14.4.